The first kappa shape index (κ1) is 37.3. The summed E-state index contributed by atoms with van der Waals surface area (Å²) < 4.78 is 18.7. The summed E-state index contributed by atoms with van der Waals surface area (Å²) in [5.41, 5.74) is 5.91. The van der Waals surface area contributed by atoms with Gasteiger partial charge in [-0.3, -0.25) is 4.79 Å². The Morgan fingerprint density at radius 1 is 0.849 bits per heavy atom. The second-order valence-electron chi connectivity index (χ2n) is 13.6. The number of carbonyl (C=O) groups excluding carboxylic acids is 2. The van der Waals surface area contributed by atoms with E-state index >= 15 is 0 Å². The van der Waals surface area contributed by atoms with Crippen LogP contribution in [0.1, 0.15) is 65.9 Å². The van der Waals surface area contributed by atoms with Crippen molar-refractivity contribution < 1.29 is 33.5 Å². The van der Waals surface area contributed by atoms with Crippen molar-refractivity contribution in [1.29, 1.82) is 0 Å². The third kappa shape index (κ3) is 8.13. The zero-order valence-electron chi connectivity index (χ0n) is 31.3. The van der Waals surface area contributed by atoms with Gasteiger partial charge >= 0.3 is 5.97 Å². The molecule has 3 aliphatic rings. The molecule has 1 fully saturated rings. The largest absolute Gasteiger partial charge is 0.871 e. The predicted molar refractivity (Wildman–Crippen MR) is 208 cm³/mol. The van der Waals surface area contributed by atoms with Crippen LogP contribution in [0.5, 0.6) is 11.5 Å². The molecular formula is C45H48N2O6. The molecule has 0 bridgehead atoms. The van der Waals surface area contributed by atoms with Crippen molar-refractivity contribution in [2.45, 2.75) is 78.5 Å². The number of carbonyl (C=O) groups is 2. The summed E-state index contributed by atoms with van der Waals surface area (Å²) >= 11 is 0. The SMILES string of the molecule is C=C(C)C(=O)Oc1ccc([N+](=C2C=CC(=C3C(=O)C(c4ccc(N(c5ccc(OCC6CO6)cc5)C(CC)CC)cc4)=C3[O-])C=C2)C(CC)CC)cc1. The van der Waals surface area contributed by atoms with Crippen LogP contribution in [0.4, 0.5) is 17.1 Å². The van der Waals surface area contributed by atoms with Crippen LogP contribution in [0, 0.1) is 0 Å². The Bertz CT molecular complexity index is 1990. The van der Waals surface area contributed by atoms with E-state index in [9.17, 15) is 14.7 Å². The van der Waals surface area contributed by atoms with Gasteiger partial charge in [-0.25, -0.2) is 4.79 Å². The number of Topliss-reactive ketones (excluding diaryl/α,β-unsaturated/α-hetero) is 1. The summed E-state index contributed by atoms with van der Waals surface area (Å²) in [7, 11) is 0. The van der Waals surface area contributed by atoms with Gasteiger partial charge in [0.25, 0.3) is 0 Å². The van der Waals surface area contributed by atoms with Crippen molar-refractivity contribution in [1.82, 2.24) is 0 Å². The van der Waals surface area contributed by atoms with Crippen LogP contribution >= 0.6 is 0 Å². The predicted octanol–water partition coefficient (Wildman–Crippen LogP) is 8.32. The van der Waals surface area contributed by atoms with Crippen LogP contribution in [-0.2, 0) is 14.3 Å². The van der Waals surface area contributed by atoms with Crippen LogP contribution in [-0.4, -0.2) is 53.4 Å². The summed E-state index contributed by atoms with van der Waals surface area (Å²) in [6, 6.07) is 23.7. The summed E-state index contributed by atoms with van der Waals surface area (Å²) in [6.07, 6.45) is 11.5. The Labute approximate surface area is 312 Å². The number of allylic oxidation sites excluding steroid dienone is 7. The lowest BCUT2D eigenvalue weighted by Gasteiger charge is -2.34. The zero-order chi connectivity index (χ0) is 37.6. The molecule has 53 heavy (non-hydrogen) atoms. The Hall–Kier alpha value is -5.47. The van der Waals surface area contributed by atoms with Crippen LogP contribution in [0.15, 0.2) is 126 Å². The average Bonchev–Trinajstić information content (AvgIpc) is 4.01. The van der Waals surface area contributed by atoms with Gasteiger partial charge in [0, 0.05) is 71.3 Å². The number of ether oxygens (including phenoxy) is 3. The molecule has 0 aromatic heterocycles. The fourth-order valence-electron chi connectivity index (χ4n) is 6.87. The molecule has 3 aromatic carbocycles. The summed E-state index contributed by atoms with van der Waals surface area (Å²) in [4.78, 5) is 27.9. The van der Waals surface area contributed by atoms with Gasteiger partial charge in [-0.1, -0.05) is 52.2 Å². The van der Waals surface area contributed by atoms with Gasteiger partial charge in [0.15, 0.2) is 11.8 Å². The molecule has 6 rings (SSSR count). The minimum absolute atomic E-state index is 0.199. The van der Waals surface area contributed by atoms with E-state index < -0.39 is 5.97 Å². The van der Waals surface area contributed by atoms with Crippen molar-refractivity contribution in [2.24, 2.45) is 0 Å². The minimum atomic E-state index is -0.465. The number of epoxide rings is 1. The number of ketones is 1. The first-order valence-corrected chi connectivity index (χ1v) is 18.6. The molecule has 1 heterocycles. The summed E-state index contributed by atoms with van der Waals surface area (Å²) in [5.74, 6) is 0.309. The highest BCUT2D eigenvalue weighted by Gasteiger charge is 2.32. The number of anilines is 2. The van der Waals surface area contributed by atoms with Crippen LogP contribution in [0.3, 0.4) is 0 Å². The average molecular weight is 713 g/mol. The Morgan fingerprint density at radius 2 is 1.42 bits per heavy atom. The van der Waals surface area contributed by atoms with Crippen LogP contribution in [0.25, 0.3) is 5.57 Å². The molecule has 0 radical (unpaired) electrons. The van der Waals surface area contributed by atoms with Gasteiger partial charge in [-0.15, -0.1) is 0 Å². The lowest BCUT2D eigenvalue weighted by molar-refractivity contribution is -0.484. The van der Waals surface area contributed by atoms with Gasteiger partial charge < -0.3 is 24.2 Å². The van der Waals surface area contributed by atoms with Gasteiger partial charge in [0.1, 0.15) is 24.2 Å². The Balaban J connectivity index is 1.23. The van der Waals surface area contributed by atoms with E-state index in [-0.39, 0.29) is 40.9 Å². The fourth-order valence-corrected chi connectivity index (χ4v) is 6.87. The molecule has 0 spiro atoms. The summed E-state index contributed by atoms with van der Waals surface area (Å²) in [5, 5.41) is 13.6. The van der Waals surface area contributed by atoms with Crippen LogP contribution < -0.4 is 19.5 Å². The van der Waals surface area contributed by atoms with Crippen molar-refractivity contribution >= 4 is 40.1 Å². The standard InChI is InChI=1S/C45H48N2O6/c1-7-32(8-2)46(36-19-23-38(24-20-36)51-27-40-28-52-40)34-15-11-30(12-16-34)41-43(48)42(44(41)49)31-13-17-35(18-14-31)47(33(9-3)10-4)37-21-25-39(26-22-37)53-45(50)29(5)6/h11-26,32-33,40H,5,7-10,27-28H2,1-4,6H3. The second-order valence-corrected chi connectivity index (χ2v) is 13.6. The minimum Gasteiger partial charge on any atom is -0.871 e. The van der Waals surface area contributed by atoms with E-state index in [1.54, 1.807) is 19.1 Å². The number of rotatable bonds is 15. The quantitative estimate of drug-likeness (QED) is 0.0514. The van der Waals surface area contributed by atoms with Crippen molar-refractivity contribution in [3.05, 3.63) is 132 Å². The van der Waals surface area contributed by atoms with Crippen molar-refractivity contribution in [3.63, 3.8) is 0 Å². The lowest BCUT2D eigenvalue weighted by atomic mass is 9.80. The molecule has 0 saturated carbocycles. The Morgan fingerprint density at radius 3 is 1.92 bits per heavy atom. The number of hydrogen-bond donors (Lipinski definition) is 0. The normalized spacial score (nSPS) is 16.3. The molecule has 1 aliphatic heterocycles. The van der Waals surface area contributed by atoms with Gasteiger partial charge in [-0.2, -0.15) is 4.58 Å². The van der Waals surface area contributed by atoms with E-state index in [1.807, 2.05) is 72.8 Å². The molecule has 274 valence electrons. The highest BCUT2D eigenvalue weighted by molar-refractivity contribution is 6.39. The maximum atomic E-state index is 13.6. The van der Waals surface area contributed by atoms with Crippen molar-refractivity contribution in [3.8, 4) is 11.5 Å². The molecule has 0 N–H and O–H groups in total. The number of hydrogen-bond acceptors (Lipinski definition) is 7. The first-order valence-electron chi connectivity index (χ1n) is 18.6. The molecule has 8 heteroatoms. The molecule has 1 unspecified atom stereocenters. The topological polar surface area (TPSA) is 94.4 Å². The van der Waals surface area contributed by atoms with E-state index in [0.29, 0.717) is 29.1 Å². The molecule has 0 amide bonds. The van der Waals surface area contributed by atoms with E-state index in [4.69, 9.17) is 14.2 Å². The lowest BCUT2D eigenvalue weighted by Crippen LogP contribution is -2.31. The van der Waals surface area contributed by atoms with Gasteiger partial charge in [0.05, 0.1) is 6.61 Å². The van der Waals surface area contributed by atoms with Gasteiger partial charge in [0.2, 0.25) is 11.4 Å². The Kier molecular flexibility index (Phi) is 11.6. The molecular weight excluding hydrogens is 665 g/mol. The molecule has 1 atom stereocenters. The monoisotopic (exact) mass is 712 g/mol. The van der Waals surface area contributed by atoms with Gasteiger partial charge in [-0.05, 0) is 91.6 Å². The van der Waals surface area contributed by atoms with E-state index in [1.165, 1.54) is 0 Å². The smallest absolute Gasteiger partial charge is 0.338 e. The maximum Gasteiger partial charge on any atom is 0.338 e. The number of benzene rings is 3. The van der Waals surface area contributed by atoms with E-state index in [0.717, 1.165) is 60.8 Å². The third-order valence-electron chi connectivity index (χ3n) is 10.0. The zero-order valence-corrected chi connectivity index (χ0v) is 31.3. The maximum absolute atomic E-state index is 13.6. The first-order chi connectivity index (χ1) is 25.7. The molecule has 1 saturated heterocycles. The highest BCUT2D eigenvalue weighted by Crippen LogP contribution is 2.39. The summed E-state index contributed by atoms with van der Waals surface area (Å²) in [6.45, 7) is 15.2. The van der Waals surface area contributed by atoms with Crippen molar-refractivity contribution in [2.75, 3.05) is 18.1 Å². The molecule has 2 aliphatic carbocycles. The third-order valence-corrected chi connectivity index (χ3v) is 10.0. The van der Waals surface area contributed by atoms with Crippen LogP contribution in [0.2, 0.25) is 0 Å². The van der Waals surface area contributed by atoms with E-state index in [2.05, 4.69) is 55.9 Å². The second kappa shape index (κ2) is 16.5. The molecule has 8 nitrogen and oxygen atoms in total. The fraction of sp³-hybridized carbons (Fsp3) is 0.311. The molecule has 3 aromatic rings. The number of esters is 1. The highest BCUT2D eigenvalue weighted by atomic mass is 16.6. The number of nitrogens with zero attached hydrogens (tertiary/aromatic N) is 2.